The van der Waals surface area contributed by atoms with E-state index in [1.165, 1.54) is 35.2 Å². The van der Waals surface area contributed by atoms with Crippen LogP contribution < -0.4 is 5.32 Å². The van der Waals surface area contributed by atoms with Gasteiger partial charge in [-0.3, -0.25) is 9.59 Å². The largest absolute Gasteiger partial charge is 0.327 e. The maximum absolute atomic E-state index is 13.9. The average Bonchev–Trinajstić information content (AvgIpc) is 3.06. The first-order chi connectivity index (χ1) is 12.0. The molecule has 0 aliphatic carbocycles. The Hall–Kier alpha value is -2.76. The Labute approximate surface area is 144 Å². The molecule has 2 amide bonds. The van der Waals surface area contributed by atoms with Gasteiger partial charge in [0, 0.05) is 12.1 Å². The van der Waals surface area contributed by atoms with Crippen LogP contribution in [0.25, 0.3) is 0 Å². The molecule has 0 bridgehead atoms. The number of halogens is 2. The summed E-state index contributed by atoms with van der Waals surface area (Å²) >= 11 is 0. The Morgan fingerprint density at radius 3 is 2.68 bits per heavy atom. The lowest BCUT2D eigenvalue weighted by molar-refractivity contribution is -0.119. The minimum absolute atomic E-state index is 0.0839. The highest BCUT2D eigenvalue weighted by Gasteiger charge is 2.34. The molecule has 0 spiro atoms. The van der Waals surface area contributed by atoms with Crippen molar-refractivity contribution in [1.29, 1.82) is 0 Å². The van der Waals surface area contributed by atoms with Gasteiger partial charge in [-0.05, 0) is 55.7 Å². The van der Waals surface area contributed by atoms with Gasteiger partial charge in [0.15, 0.2) is 0 Å². The number of carbonyl (C=O) groups excluding carboxylic acids is 2. The van der Waals surface area contributed by atoms with Crippen LogP contribution in [0.2, 0.25) is 0 Å². The van der Waals surface area contributed by atoms with Crippen LogP contribution in [0.4, 0.5) is 14.5 Å². The fraction of sp³-hybridized carbons (Fsp3) is 0.263. The van der Waals surface area contributed by atoms with Crippen LogP contribution in [0, 0.1) is 18.6 Å². The maximum atomic E-state index is 13.9. The highest BCUT2D eigenvalue weighted by molar-refractivity contribution is 6.01. The molecular weight excluding hydrogens is 326 g/mol. The number of amides is 2. The monoisotopic (exact) mass is 344 g/mol. The first kappa shape index (κ1) is 17.1. The molecule has 4 nitrogen and oxygen atoms in total. The van der Waals surface area contributed by atoms with Crippen molar-refractivity contribution in [1.82, 2.24) is 4.90 Å². The lowest BCUT2D eigenvalue weighted by Crippen LogP contribution is -2.43. The number of likely N-dealkylation sites (tertiary alicyclic amines) is 1. The summed E-state index contributed by atoms with van der Waals surface area (Å²) in [5.41, 5.74) is 1.03. The lowest BCUT2D eigenvalue weighted by Gasteiger charge is -2.24. The van der Waals surface area contributed by atoms with E-state index in [1.807, 2.05) is 0 Å². The summed E-state index contributed by atoms with van der Waals surface area (Å²) in [4.78, 5) is 26.5. The van der Waals surface area contributed by atoms with Gasteiger partial charge in [-0.15, -0.1) is 0 Å². The van der Waals surface area contributed by atoms with Crippen LogP contribution in [-0.4, -0.2) is 29.3 Å². The lowest BCUT2D eigenvalue weighted by atomic mass is 10.1. The van der Waals surface area contributed by atoms with Crippen molar-refractivity contribution in [2.24, 2.45) is 0 Å². The minimum Gasteiger partial charge on any atom is -0.327 e. The number of carbonyl (C=O) groups is 2. The molecule has 1 saturated heterocycles. The van der Waals surface area contributed by atoms with Gasteiger partial charge < -0.3 is 10.2 Å². The van der Waals surface area contributed by atoms with E-state index in [0.29, 0.717) is 19.4 Å². The molecule has 0 saturated carbocycles. The van der Waals surface area contributed by atoms with Crippen LogP contribution in [0.1, 0.15) is 28.8 Å². The molecule has 1 unspecified atom stereocenters. The Morgan fingerprint density at radius 2 is 1.96 bits per heavy atom. The van der Waals surface area contributed by atoms with Gasteiger partial charge in [-0.25, -0.2) is 8.78 Å². The summed E-state index contributed by atoms with van der Waals surface area (Å²) in [6.45, 7) is 2.16. The highest BCUT2D eigenvalue weighted by atomic mass is 19.1. The van der Waals surface area contributed by atoms with Crippen LogP contribution in [0.15, 0.2) is 42.5 Å². The number of anilines is 1. The molecule has 25 heavy (non-hydrogen) atoms. The normalized spacial score (nSPS) is 16.8. The van der Waals surface area contributed by atoms with Crippen molar-refractivity contribution < 1.29 is 18.4 Å². The van der Waals surface area contributed by atoms with Gasteiger partial charge in [0.1, 0.15) is 17.7 Å². The Kier molecular flexibility index (Phi) is 4.79. The van der Waals surface area contributed by atoms with Gasteiger partial charge >= 0.3 is 0 Å². The molecule has 2 aromatic carbocycles. The zero-order valence-electron chi connectivity index (χ0n) is 13.8. The number of hydrogen-bond acceptors (Lipinski definition) is 2. The van der Waals surface area contributed by atoms with Crippen LogP contribution in [-0.2, 0) is 4.79 Å². The molecule has 2 aromatic rings. The Bertz CT molecular complexity index is 823. The first-order valence-corrected chi connectivity index (χ1v) is 8.09. The maximum Gasteiger partial charge on any atom is 0.254 e. The van der Waals surface area contributed by atoms with Crippen molar-refractivity contribution >= 4 is 17.5 Å². The topological polar surface area (TPSA) is 49.4 Å². The highest BCUT2D eigenvalue weighted by Crippen LogP contribution is 2.23. The van der Waals surface area contributed by atoms with Crippen molar-refractivity contribution in [3.8, 4) is 0 Å². The zero-order chi connectivity index (χ0) is 18.0. The first-order valence-electron chi connectivity index (χ1n) is 8.09. The van der Waals surface area contributed by atoms with E-state index in [4.69, 9.17) is 0 Å². The van der Waals surface area contributed by atoms with Gasteiger partial charge in [-0.1, -0.05) is 12.1 Å². The third kappa shape index (κ3) is 3.68. The van der Waals surface area contributed by atoms with Gasteiger partial charge in [0.25, 0.3) is 5.91 Å². The number of hydrogen-bond donors (Lipinski definition) is 1. The molecule has 1 aliphatic heterocycles. The second-order valence-corrected chi connectivity index (χ2v) is 6.14. The van der Waals surface area contributed by atoms with E-state index in [0.717, 1.165) is 11.6 Å². The Balaban J connectivity index is 1.76. The number of benzene rings is 2. The van der Waals surface area contributed by atoms with Crippen LogP contribution >= 0.6 is 0 Å². The van der Waals surface area contributed by atoms with Crippen molar-refractivity contribution in [3.05, 3.63) is 65.2 Å². The summed E-state index contributed by atoms with van der Waals surface area (Å²) in [6, 6.07) is 9.20. The van der Waals surface area contributed by atoms with E-state index >= 15 is 0 Å². The number of nitrogens with zero attached hydrogens (tertiary/aromatic N) is 1. The quantitative estimate of drug-likeness (QED) is 0.926. The minimum atomic E-state index is -0.698. The molecule has 1 aliphatic rings. The molecule has 1 N–H and O–H groups in total. The van der Waals surface area contributed by atoms with E-state index in [-0.39, 0.29) is 11.3 Å². The second kappa shape index (κ2) is 7.01. The number of nitrogens with one attached hydrogen (secondary N) is 1. The molecule has 0 aromatic heterocycles. The van der Waals surface area contributed by atoms with E-state index < -0.39 is 29.5 Å². The molecule has 1 heterocycles. The van der Waals surface area contributed by atoms with Gasteiger partial charge in [0.05, 0.1) is 5.69 Å². The Morgan fingerprint density at radius 1 is 1.16 bits per heavy atom. The predicted octanol–water partition coefficient (Wildman–Crippen LogP) is 3.52. The number of rotatable bonds is 3. The SMILES string of the molecule is Cc1ccc(NC(=O)C2CCCN2C(=O)c2cccc(F)c2)c(F)c1. The smallest absolute Gasteiger partial charge is 0.254 e. The summed E-state index contributed by atoms with van der Waals surface area (Å²) in [7, 11) is 0. The standard InChI is InChI=1S/C19H18F2N2O2/c1-12-7-8-16(15(21)10-12)22-18(24)17-6-3-9-23(17)19(25)13-4-2-5-14(20)11-13/h2,4-5,7-8,10-11,17H,3,6,9H2,1H3,(H,22,24). The van der Waals surface area contributed by atoms with Crippen molar-refractivity contribution in [2.45, 2.75) is 25.8 Å². The van der Waals surface area contributed by atoms with E-state index in [9.17, 15) is 18.4 Å². The van der Waals surface area contributed by atoms with Crippen LogP contribution in [0.3, 0.4) is 0 Å². The van der Waals surface area contributed by atoms with Crippen LogP contribution in [0.5, 0.6) is 0 Å². The molecule has 3 rings (SSSR count). The summed E-state index contributed by atoms with van der Waals surface area (Å²) in [5, 5.41) is 2.55. The second-order valence-electron chi connectivity index (χ2n) is 6.14. The third-order valence-electron chi connectivity index (χ3n) is 4.27. The fourth-order valence-corrected chi connectivity index (χ4v) is 3.01. The molecular formula is C19H18F2N2O2. The van der Waals surface area contributed by atoms with Crippen molar-refractivity contribution in [2.75, 3.05) is 11.9 Å². The van der Waals surface area contributed by atoms with E-state index in [1.54, 1.807) is 13.0 Å². The van der Waals surface area contributed by atoms with Gasteiger partial charge in [-0.2, -0.15) is 0 Å². The summed E-state index contributed by atoms with van der Waals surface area (Å²) < 4.78 is 27.3. The zero-order valence-corrected chi connectivity index (χ0v) is 13.8. The predicted molar refractivity (Wildman–Crippen MR) is 90.2 cm³/mol. The van der Waals surface area contributed by atoms with Crippen molar-refractivity contribution in [3.63, 3.8) is 0 Å². The van der Waals surface area contributed by atoms with E-state index in [2.05, 4.69) is 5.32 Å². The molecule has 6 heteroatoms. The molecule has 1 atom stereocenters. The van der Waals surface area contributed by atoms with Gasteiger partial charge in [0.2, 0.25) is 5.91 Å². The summed E-state index contributed by atoms with van der Waals surface area (Å²) in [6.07, 6.45) is 1.15. The molecule has 0 radical (unpaired) electrons. The molecule has 1 fully saturated rings. The third-order valence-corrected chi connectivity index (χ3v) is 4.27. The summed E-state index contributed by atoms with van der Waals surface area (Å²) in [5.74, 6) is -1.87. The average molecular weight is 344 g/mol. The molecule has 130 valence electrons. The number of aryl methyl sites for hydroxylation is 1. The fourth-order valence-electron chi connectivity index (χ4n) is 3.01.